The Balaban J connectivity index is 1.92. The van der Waals surface area contributed by atoms with E-state index in [0.717, 1.165) is 36.2 Å². The van der Waals surface area contributed by atoms with Crippen molar-refractivity contribution in [1.82, 2.24) is 9.55 Å². The topological polar surface area (TPSA) is 29.9 Å². The zero-order valence-electron chi connectivity index (χ0n) is 12.4. The Morgan fingerprint density at radius 1 is 1.25 bits per heavy atom. The maximum absolute atomic E-state index is 5.88. The Kier molecular flexibility index (Phi) is 5.07. The van der Waals surface area contributed by atoms with Gasteiger partial charge < -0.3 is 9.88 Å². The van der Waals surface area contributed by atoms with Crippen molar-refractivity contribution in [2.45, 2.75) is 33.7 Å². The summed E-state index contributed by atoms with van der Waals surface area (Å²) in [5, 5.41) is 4.20. The van der Waals surface area contributed by atoms with Gasteiger partial charge in [-0.25, -0.2) is 4.98 Å². The van der Waals surface area contributed by atoms with E-state index in [4.69, 9.17) is 11.6 Å². The zero-order chi connectivity index (χ0) is 14.5. The van der Waals surface area contributed by atoms with Gasteiger partial charge in [0.05, 0.1) is 5.69 Å². The number of anilines is 1. The molecule has 3 nitrogen and oxygen atoms in total. The number of hydrogen-bond donors (Lipinski definition) is 1. The molecule has 0 aliphatic heterocycles. The molecular formula is C16H22ClN3. The second kappa shape index (κ2) is 6.80. The van der Waals surface area contributed by atoms with Crippen LogP contribution in [0, 0.1) is 12.8 Å². The molecular weight excluding hydrogens is 270 g/mol. The Hall–Kier alpha value is -1.48. The van der Waals surface area contributed by atoms with Crippen LogP contribution in [0.15, 0.2) is 30.5 Å². The lowest BCUT2D eigenvalue weighted by Gasteiger charge is -2.11. The van der Waals surface area contributed by atoms with E-state index in [1.54, 1.807) is 0 Å². The number of rotatable bonds is 6. The van der Waals surface area contributed by atoms with Crippen molar-refractivity contribution in [3.63, 3.8) is 0 Å². The fraction of sp³-hybridized carbons (Fsp3) is 0.438. The summed E-state index contributed by atoms with van der Waals surface area (Å²) in [6.45, 7) is 8.32. The van der Waals surface area contributed by atoms with Crippen LogP contribution in [0.5, 0.6) is 0 Å². The number of aryl methyl sites for hydroxylation is 1. The molecule has 0 unspecified atom stereocenters. The summed E-state index contributed by atoms with van der Waals surface area (Å²) < 4.78 is 2.20. The molecule has 0 aliphatic carbocycles. The van der Waals surface area contributed by atoms with E-state index in [0.29, 0.717) is 5.92 Å². The first-order valence-corrected chi connectivity index (χ1v) is 7.44. The number of benzene rings is 1. The predicted octanol–water partition coefficient (Wildman–Crippen LogP) is 4.16. The molecule has 0 aliphatic rings. The normalized spacial score (nSPS) is 11.1. The lowest BCUT2D eigenvalue weighted by Crippen LogP contribution is -2.12. The third kappa shape index (κ3) is 4.27. The summed E-state index contributed by atoms with van der Waals surface area (Å²) in [4.78, 5) is 4.54. The van der Waals surface area contributed by atoms with E-state index in [-0.39, 0.29) is 0 Å². The predicted molar refractivity (Wildman–Crippen MR) is 85.4 cm³/mol. The fourth-order valence-corrected chi connectivity index (χ4v) is 2.32. The lowest BCUT2D eigenvalue weighted by molar-refractivity contribution is 0.526. The molecule has 20 heavy (non-hydrogen) atoms. The second-order valence-corrected chi connectivity index (χ2v) is 5.99. The van der Waals surface area contributed by atoms with Crippen LogP contribution in [0.2, 0.25) is 5.02 Å². The fourth-order valence-electron chi connectivity index (χ4n) is 2.19. The molecule has 108 valence electrons. The van der Waals surface area contributed by atoms with Crippen LogP contribution in [-0.2, 0) is 13.0 Å². The van der Waals surface area contributed by atoms with E-state index in [9.17, 15) is 0 Å². The summed E-state index contributed by atoms with van der Waals surface area (Å²) in [5.74, 6) is 1.57. The molecule has 2 aromatic rings. The third-order valence-corrected chi connectivity index (χ3v) is 3.32. The smallest absolute Gasteiger partial charge is 0.203 e. The minimum Gasteiger partial charge on any atom is -0.355 e. The highest BCUT2D eigenvalue weighted by molar-refractivity contribution is 6.30. The monoisotopic (exact) mass is 291 g/mol. The number of imidazole rings is 1. The summed E-state index contributed by atoms with van der Waals surface area (Å²) in [6.07, 6.45) is 3.06. The van der Waals surface area contributed by atoms with Crippen LogP contribution in [0.3, 0.4) is 0 Å². The Morgan fingerprint density at radius 3 is 2.60 bits per heavy atom. The molecule has 1 heterocycles. The van der Waals surface area contributed by atoms with Gasteiger partial charge in [0.1, 0.15) is 0 Å². The van der Waals surface area contributed by atoms with Gasteiger partial charge in [0.2, 0.25) is 5.95 Å². The van der Waals surface area contributed by atoms with Gasteiger partial charge in [-0.3, -0.25) is 0 Å². The summed E-state index contributed by atoms with van der Waals surface area (Å²) >= 11 is 5.88. The standard InChI is InChI=1S/C16H22ClN3/c1-12(2)10-20-11-13(3)19-16(20)18-9-8-14-4-6-15(17)7-5-14/h4-7,11-12H,8-10H2,1-3H3,(H,18,19). The molecule has 0 saturated heterocycles. The van der Waals surface area contributed by atoms with Gasteiger partial charge in [-0.2, -0.15) is 0 Å². The largest absolute Gasteiger partial charge is 0.355 e. The van der Waals surface area contributed by atoms with Gasteiger partial charge in [0.15, 0.2) is 0 Å². The molecule has 0 saturated carbocycles. The number of halogens is 1. The van der Waals surface area contributed by atoms with Crippen LogP contribution in [-0.4, -0.2) is 16.1 Å². The molecule has 2 rings (SSSR count). The van der Waals surface area contributed by atoms with Crippen molar-refractivity contribution in [1.29, 1.82) is 0 Å². The first-order chi connectivity index (χ1) is 9.54. The number of aromatic nitrogens is 2. The highest BCUT2D eigenvalue weighted by Crippen LogP contribution is 2.13. The molecule has 1 N–H and O–H groups in total. The number of nitrogens with one attached hydrogen (secondary N) is 1. The number of hydrogen-bond acceptors (Lipinski definition) is 2. The van der Waals surface area contributed by atoms with Gasteiger partial charge in [0.25, 0.3) is 0 Å². The molecule has 0 amide bonds. The first-order valence-electron chi connectivity index (χ1n) is 7.06. The van der Waals surface area contributed by atoms with Crippen LogP contribution in [0.4, 0.5) is 5.95 Å². The molecule has 0 fully saturated rings. The van der Waals surface area contributed by atoms with Crippen LogP contribution in [0.1, 0.15) is 25.1 Å². The average Bonchev–Trinajstić information content (AvgIpc) is 2.71. The first kappa shape index (κ1) is 14.9. The van der Waals surface area contributed by atoms with Crippen molar-refractivity contribution in [3.05, 3.63) is 46.7 Å². The zero-order valence-corrected chi connectivity index (χ0v) is 13.1. The molecule has 1 aromatic carbocycles. The summed E-state index contributed by atoms with van der Waals surface area (Å²) in [5.41, 5.74) is 2.33. The third-order valence-electron chi connectivity index (χ3n) is 3.07. The van der Waals surface area contributed by atoms with Gasteiger partial charge in [-0.05, 0) is 37.0 Å². The Bertz CT molecular complexity index is 543. The Labute approximate surface area is 126 Å². The SMILES string of the molecule is Cc1cn(CC(C)C)c(NCCc2ccc(Cl)cc2)n1. The Morgan fingerprint density at radius 2 is 1.95 bits per heavy atom. The molecule has 0 atom stereocenters. The quantitative estimate of drug-likeness (QED) is 0.866. The van der Waals surface area contributed by atoms with Gasteiger partial charge in [-0.1, -0.05) is 37.6 Å². The number of nitrogens with zero attached hydrogens (tertiary/aromatic N) is 2. The van der Waals surface area contributed by atoms with Crippen molar-refractivity contribution in [2.75, 3.05) is 11.9 Å². The minimum atomic E-state index is 0.611. The van der Waals surface area contributed by atoms with Gasteiger partial charge in [0, 0.05) is 24.3 Å². The lowest BCUT2D eigenvalue weighted by atomic mass is 10.1. The molecule has 1 aromatic heterocycles. The summed E-state index contributed by atoms with van der Waals surface area (Å²) in [7, 11) is 0. The summed E-state index contributed by atoms with van der Waals surface area (Å²) in [6, 6.07) is 7.99. The molecule has 0 radical (unpaired) electrons. The van der Waals surface area contributed by atoms with Gasteiger partial charge >= 0.3 is 0 Å². The van der Waals surface area contributed by atoms with Crippen LogP contribution < -0.4 is 5.32 Å². The van der Waals surface area contributed by atoms with E-state index >= 15 is 0 Å². The maximum Gasteiger partial charge on any atom is 0.203 e. The van der Waals surface area contributed by atoms with E-state index in [1.165, 1.54) is 5.56 Å². The van der Waals surface area contributed by atoms with E-state index < -0.39 is 0 Å². The molecule has 0 bridgehead atoms. The highest BCUT2D eigenvalue weighted by Gasteiger charge is 2.06. The van der Waals surface area contributed by atoms with Crippen molar-refractivity contribution >= 4 is 17.5 Å². The van der Waals surface area contributed by atoms with Crippen molar-refractivity contribution < 1.29 is 0 Å². The van der Waals surface area contributed by atoms with Crippen molar-refractivity contribution in [3.8, 4) is 0 Å². The van der Waals surface area contributed by atoms with Crippen molar-refractivity contribution in [2.24, 2.45) is 5.92 Å². The van der Waals surface area contributed by atoms with Gasteiger partial charge in [-0.15, -0.1) is 0 Å². The van der Waals surface area contributed by atoms with Crippen LogP contribution in [0.25, 0.3) is 0 Å². The minimum absolute atomic E-state index is 0.611. The maximum atomic E-state index is 5.88. The van der Waals surface area contributed by atoms with E-state index in [1.807, 2.05) is 19.1 Å². The second-order valence-electron chi connectivity index (χ2n) is 5.56. The molecule has 0 spiro atoms. The highest BCUT2D eigenvalue weighted by atomic mass is 35.5. The average molecular weight is 292 g/mol. The van der Waals surface area contributed by atoms with E-state index in [2.05, 4.69) is 47.0 Å². The van der Waals surface area contributed by atoms with Crippen LogP contribution >= 0.6 is 11.6 Å². The molecule has 4 heteroatoms.